The standard InChI is InChI=1S/C16H16ClFN4O2S/c1-25-16-20-9-10(17)14(22-16)15(24)19-8-4-7-13(23)21-12-6-3-2-5-11(12)18/h2-3,5-6,9H,4,7-8H2,1H3,(H,19,24)(H,21,23). The lowest BCUT2D eigenvalue weighted by Gasteiger charge is -2.08. The number of anilines is 1. The molecule has 6 nitrogen and oxygen atoms in total. The van der Waals surface area contributed by atoms with Crippen molar-refractivity contribution in [2.45, 2.75) is 18.0 Å². The van der Waals surface area contributed by atoms with Gasteiger partial charge in [0.05, 0.1) is 16.9 Å². The van der Waals surface area contributed by atoms with Crippen LogP contribution in [0, 0.1) is 5.82 Å². The van der Waals surface area contributed by atoms with Crippen molar-refractivity contribution in [1.82, 2.24) is 15.3 Å². The highest BCUT2D eigenvalue weighted by molar-refractivity contribution is 7.98. The predicted molar refractivity (Wildman–Crippen MR) is 95.4 cm³/mol. The molecule has 2 N–H and O–H groups in total. The lowest BCUT2D eigenvalue weighted by molar-refractivity contribution is -0.116. The third-order valence-corrected chi connectivity index (χ3v) is 3.97. The van der Waals surface area contributed by atoms with Crippen molar-refractivity contribution in [2.75, 3.05) is 18.1 Å². The van der Waals surface area contributed by atoms with E-state index in [0.717, 1.165) is 0 Å². The second kappa shape index (κ2) is 9.33. The van der Waals surface area contributed by atoms with Gasteiger partial charge in [-0.25, -0.2) is 14.4 Å². The van der Waals surface area contributed by atoms with Gasteiger partial charge in [0.25, 0.3) is 5.91 Å². The molecule has 2 aromatic rings. The zero-order valence-corrected chi connectivity index (χ0v) is 15.0. The summed E-state index contributed by atoms with van der Waals surface area (Å²) >= 11 is 7.22. The van der Waals surface area contributed by atoms with Crippen LogP contribution in [0.25, 0.3) is 0 Å². The first kappa shape index (κ1) is 19.1. The summed E-state index contributed by atoms with van der Waals surface area (Å²) in [5.41, 5.74) is 0.228. The number of halogens is 2. The van der Waals surface area contributed by atoms with E-state index < -0.39 is 11.7 Å². The zero-order chi connectivity index (χ0) is 18.2. The van der Waals surface area contributed by atoms with Gasteiger partial charge in [-0.15, -0.1) is 0 Å². The molecular formula is C16H16ClFN4O2S. The number of benzene rings is 1. The Bertz CT molecular complexity index is 776. The van der Waals surface area contributed by atoms with E-state index in [1.165, 1.54) is 30.1 Å². The van der Waals surface area contributed by atoms with E-state index in [2.05, 4.69) is 20.6 Å². The molecule has 0 saturated heterocycles. The maximum absolute atomic E-state index is 13.4. The lowest BCUT2D eigenvalue weighted by atomic mass is 10.2. The minimum atomic E-state index is -0.493. The van der Waals surface area contributed by atoms with Crippen molar-refractivity contribution in [1.29, 1.82) is 0 Å². The van der Waals surface area contributed by atoms with Crippen molar-refractivity contribution in [3.8, 4) is 0 Å². The van der Waals surface area contributed by atoms with Crippen LogP contribution in [-0.4, -0.2) is 34.6 Å². The highest BCUT2D eigenvalue weighted by Gasteiger charge is 2.14. The Morgan fingerprint density at radius 2 is 2.08 bits per heavy atom. The summed E-state index contributed by atoms with van der Waals surface area (Å²) in [4.78, 5) is 31.9. The number of para-hydroxylation sites is 1. The molecule has 2 amide bonds. The normalized spacial score (nSPS) is 10.4. The van der Waals surface area contributed by atoms with Crippen LogP contribution in [0.1, 0.15) is 23.3 Å². The van der Waals surface area contributed by atoms with Crippen molar-refractivity contribution in [2.24, 2.45) is 0 Å². The third-order valence-electron chi connectivity index (χ3n) is 3.13. The molecule has 132 valence electrons. The fourth-order valence-electron chi connectivity index (χ4n) is 1.92. The summed E-state index contributed by atoms with van der Waals surface area (Å²) in [6, 6.07) is 5.92. The Hall–Kier alpha value is -2.19. The molecule has 0 saturated carbocycles. The number of nitrogens with zero attached hydrogens (tertiary/aromatic N) is 2. The first-order valence-electron chi connectivity index (χ1n) is 7.40. The van der Waals surface area contributed by atoms with E-state index in [4.69, 9.17) is 11.6 Å². The molecule has 1 aromatic heterocycles. The average Bonchev–Trinajstić information content (AvgIpc) is 2.61. The third kappa shape index (κ3) is 5.68. The molecule has 0 aliphatic heterocycles. The van der Waals surface area contributed by atoms with Gasteiger partial charge in [-0.2, -0.15) is 0 Å². The maximum atomic E-state index is 13.4. The van der Waals surface area contributed by atoms with Crippen LogP contribution < -0.4 is 10.6 Å². The van der Waals surface area contributed by atoms with E-state index in [1.807, 2.05) is 0 Å². The predicted octanol–water partition coefficient (Wildman–Crippen LogP) is 3.14. The maximum Gasteiger partial charge on any atom is 0.271 e. The van der Waals surface area contributed by atoms with Crippen molar-refractivity contribution < 1.29 is 14.0 Å². The Balaban J connectivity index is 1.78. The molecule has 0 aliphatic carbocycles. The lowest BCUT2D eigenvalue weighted by Crippen LogP contribution is -2.27. The largest absolute Gasteiger partial charge is 0.351 e. The van der Waals surface area contributed by atoms with E-state index in [1.54, 1.807) is 18.4 Å². The van der Waals surface area contributed by atoms with Gasteiger partial charge in [0, 0.05) is 13.0 Å². The number of aromatic nitrogens is 2. The summed E-state index contributed by atoms with van der Waals surface area (Å²) in [6.45, 7) is 0.262. The molecular weight excluding hydrogens is 367 g/mol. The summed E-state index contributed by atoms with van der Waals surface area (Å²) in [5.74, 6) is -1.26. The number of hydrogen-bond acceptors (Lipinski definition) is 5. The van der Waals surface area contributed by atoms with Crippen LogP contribution in [0.15, 0.2) is 35.6 Å². The number of amides is 2. The molecule has 0 spiro atoms. The SMILES string of the molecule is CSc1ncc(Cl)c(C(=O)NCCCC(=O)Nc2ccccc2F)n1. The zero-order valence-electron chi connectivity index (χ0n) is 13.4. The summed E-state index contributed by atoms with van der Waals surface area (Å²) in [6.07, 6.45) is 3.70. The van der Waals surface area contributed by atoms with Crippen molar-refractivity contribution in [3.05, 3.63) is 47.0 Å². The van der Waals surface area contributed by atoms with Gasteiger partial charge in [0.1, 0.15) is 5.82 Å². The number of carbonyl (C=O) groups is 2. The molecule has 1 heterocycles. The molecule has 25 heavy (non-hydrogen) atoms. The summed E-state index contributed by atoms with van der Waals surface area (Å²) in [5, 5.41) is 5.73. The minimum absolute atomic E-state index is 0.0943. The Morgan fingerprint density at radius 1 is 1.32 bits per heavy atom. The Morgan fingerprint density at radius 3 is 2.80 bits per heavy atom. The van der Waals surface area contributed by atoms with E-state index >= 15 is 0 Å². The van der Waals surface area contributed by atoms with Gasteiger partial charge < -0.3 is 10.6 Å². The highest BCUT2D eigenvalue weighted by atomic mass is 35.5. The fourth-order valence-corrected chi connectivity index (χ4v) is 2.44. The molecule has 0 radical (unpaired) electrons. The Labute approximate surface area is 153 Å². The molecule has 9 heteroatoms. The number of hydrogen-bond donors (Lipinski definition) is 2. The number of rotatable bonds is 7. The summed E-state index contributed by atoms with van der Waals surface area (Å²) < 4.78 is 13.4. The first-order chi connectivity index (χ1) is 12.0. The second-order valence-corrected chi connectivity index (χ2v) is 6.12. The van der Waals surface area contributed by atoms with Crippen LogP contribution in [-0.2, 0) is 4.79 Å². The fraction of sp³-hybridized carbons (Fsp3) is 0.250. The number of carbonyl (C=O) groups excluding carboxylic acids is 2. The quantitative estimate of drug-likeness (QED) is 0.436. The number of thioether (sulfide) groups is 1. The van der Waals surface area contributed by atoms with Crippen LogP contribution in [0.3, 0.4) is 0 Å². The minimum Gasteiger partial charge on any atom is -0.351 e. The van der Waals surface area contributed by atoms with E-state index in [0.29, 0.717) is 11.6 Å². The highest BCUT2D eigenvalue weighted by Crippen LogP contribution is 2.16. The Kier molecular flexibility index (Phi) is 7.15. The first-order valence-corrected chi connectivity index (χ1v) is 9.00. The van der Waals surface area contributed by atoms with Crippen LogP contribution in [0.5, 0.6) is 0 Å². The molecule has 0 atom stereocenters. The molecule has 1 aromatic carbocycles. The van der Waals surface area contributed by atoms with Gasteiger partial charge in [0.15, 0.2) is 10.9 Å². The van der Waals surface area contributed by atoms with Crippen LogP contribution in [0.4, 0.5) is 10.1 Å². The van der Waals surface area contributed by atoms with E-state index in [-0.39, 0.29) is 35.3 Å². The molecule has 0 unspecified atom stereocenters. The van der Waals surface area contributed by atoms with Gasteiger partial charge in [-0.1, -0.05) is 35.5 Å². The van der Waals surface area contributed by atoms with Crippen molar-refractivity contribution >= 4 is 40.9 Å². The van der Waals surface area contributed by atoms with Gasteiger partial charge >= 0.3 is 0 Å². The van der Waals surface area contributed by atoms with E-state index in [9.17, 15) is 14.0 Å². The molecule has 0 aliphatic rings. The number of nitrogens with one attached hydrogen (secondary N) is 2. The second-order valence-electron chi connectivity index (χ2n) is 4.94. The topological polar surface area (TPSA) is 84.0 Å². The van der Waals surface area contributed by atoms with Gasteiger partial charge in [0.2, 0.25) is 5.91 Å². The molecule has 0 fully saturated rings. The van der Waals surface area contributed by atoms with Crippen LogP contribution >= 0.6 is 23.4 Å². The van der Waals surface area contributed by atoms with Crippen molar-refractivity contribution in [3.63, 3.8) is 0 Å². The molecule has 2 rings (SSSR count). The van der Waals surface area contributed by atoms with Gasteiger partial charge in [-0.05, 0) is 24.8 Å². The smallest absolute Gasteiger partial charge is 0.271 e. The van der Waals surface area contributed by atoms with Crippen LogP contribution in [0.2, 0.25) is 5.02 Å². The monoisotopic (exact) mass is 382 g/mol. The van der Waals surface area contributed by atoms with Gasteiger partial charge in [-0.3, -0.25) is 9.59 Å². The molecule has 0 bridgehead atoms. The average molecular weight is 383 g/mol. The summed E-state index contributed by atoms with van der Waals surface area (Å²) in [7, 11) is 0.